The highest BCUT2D eigenvalue weighted by Gasteiger charge is 2.39. The highest BCUT2D eigenvalue weighted by molar-refractivity contribution is 5.97. The van der Waals surface area contributed by atoms with Crippen molar-refractivity contribution in [1.82, 2.24) is 39.5 Å². The van der Waals surface area contributed by atoms with Crippen LogP contribution >= 0.6 is 0 Å². The van der Waals surface area contributed by atoms with Crippen molar-refractivity contribution >= 4 is 28.7 Å². The van der Waals surface area contributed by atoms with Crippen LogP contribution in [0.3, 0.4) is 0 Å². The second-order valence-corrected chi connectivity index (χ2v) is 13.6. The lowest BCUT2D eigenvalue weighted by atomic mass is 9.98. The first kappa shape index (κ1) is 29.0. The van der Waals surface area contributed by atoms with E-state index in [4.69, 9.17) is 4.98 Å². The number of carbonyl (C=O) groups excluding carboxylic acids is 1. The second-order valence-electron chi connectivity index (χ2n) is 13.6. The third-order valence-corrected chi connectivity index (χ3v) is 9.33. The minimum atomic E-state index is -0.683. The van der Waals surface area contributed by atoms with E-state index in [9.17, 15) is 9.90 Å². The molecule has 0 saturated carbocycles. The van der Waals surface area contributed by atoms with Crippen LogP contribution in [-0.2, 0) is 0 Å². The van der Waals surface area contributed by atoms with Gasteiger partial charge >= 0.3 is 0 Å². The first-order valence-corrected chi connectivity index (χ1v) is 15.2. The molecule has 1 amide bonds. The molecule has 6 rings (SSSR count). The molecule has 11 nitrogen and oxygen atoms in total. The number of nitrogens with zero attached hydrogens (tertiary/aromatic N) is 7. The lowest BCUT2D eigenvalue weighted by molar-refractivity contribution is -0.0187. The number of likely N-dealkylation sites (tertiary alicyclic amines) is 2. The number of pyridine rings is 1. The van der Waals surface area contributed by atoms with Gasteiger partial charge in [0, 0.05) is 87.3 Å². The van der Waals surface area contributed by atoms with Gasteiger partial charge in [-0.15, -0.1) is 0 Å². The van der Waals surface area contributed by atoms with Crippen LogP contribution in [0.4, 0.5) is 11.8 Å². The lowest BCUT2D eigenvalue weighted by Gasteiger charge is -2.41. The van der Waals surface area contributed by atoms with Gasteiger partial charge in [-0.3, -0.25) is 14.6 Å². The highest BCUT2D eigenvalue weighted by Crippen LogP contribution is 2.33. The Bertz CT molecular complexity index is 1420. The molecule has 3 fully saturated rings. The summed E-state index contributed by atoms with van der Waals surface area (Å²) in [6.07, 6.45) is 5.86. The number of rotatable bonds is 6. The number of fused-ring (bicyclic) bond motifs is 3. The molecular formula is C31H45N9O2. The van der Waals surface area contributed by atoms with E-state index in [1.54, 1.807) is 31.4 Å². The maximum atomic E-state index is 13.2. The summed E-state index contributed by atoms with van der Waals surface area (Å²) in [5.41, 5.74) is 2.28. The number of aromatic nitrogens is 4. The maximum absolute atomic E-state index is 13.2. The maximum Gasteiger partial charge on any atom is 0.270 e. The number of aliphatic hydroxyl groups excluding tert-OH is 1. The highest BCUT2D eigenvalue weighted by atomic mass is 16.3. The molecule has 42 heavy (non-hydrogen) atoms. The van der Waals surface area contributed by atoms with Crippen LogP contribution in [0.25, 0.3) is 11.0 Å². The van der Waals surface area contributed by atoms with Crippen LogP contribution < -0.4 is 10.6 Å². The number of nitrogens with one attached hydrogen (secondary N) is 2. The SMILES string of the molecule is CC1CC2CN(C(O)c3ccc(Nc4ncc5cc(C(=O)N(C)C)n(C6CCN(C(C)(C)C)CC6)c5n4)nc3)CC1N2. The predicted octanol–water partition coefficient (Wildman–Crippen LogP) is 3.38. The molecule has 226 valence electrons. The summed E-state index contributed by atoms with van der Waals surface area (Å²) in [7, 11) is 3.56. The van der Waals surface area contributed by atoms with Crippen molar-refractivity contribution in [2.24, 2.45) is 5.92 Å². The van der Waals surface area contributed by atoms with Crippen molar-refractivity contribution in [2.45, 2.75) is 76.8 Å². The van der Waals surface area contributed by atoms with E-state index in [-0.39, 0.29) is 17.5 Å². The first-order valence-electron chi connectivity index (χ1n) is 15.2. The lowest BCUT2D eigenvalue weighted by Crippen LogP contribution is -2.52. The van der Waals surface area contributed by atoms with Gasteiger partial charge in [-0.25, -0.2) is 9.97 Å². The second kappa shape index (κ2) is 11.2. The molecule has 0 aromatic carbocycles. The smallest absolute Gasteiger partial charge is 0.270 e. The average Bonchev–Trinajstić information content (AvgIpc) is 3.46. The summed E-state index contributed by atoms with van der Waals surface area (Å²) in [4.78, 5) is 33.5. The molecule has 3 N–H and O–H groups in total. The topological polar surface area (TPSA) is 115 Å². The normalized spacial score (nSPS) is 24.7. The number of hydrogen-bond acceptors (Lipinski definition) is 9. The van der Waals surface area contributed by atoms with Crippen molar-refractivity contribution in [2.75, 3.05) is 45.6 Å². The fraction of sp³-hybridized carbons (Fsp3) is 0.613. The summed E-state index contributed by atoms with van der Waals surface area (Å²) in [5.74, 6) is 1.61. The molecule has 3 aliphatic heterocycles. The average molecular weight is 576 g/mol. The van der Waals surface area contributed by atoms with Crippen molar-refractivity contribution in [3.05, 3.63) is 41.9 Å². The van der Waals surface area contributed by atoms with Crippen LogP contribution in [0.1, 0.15) is 75.3 Å². The number of piperidine rings is 1. The van der Waals surface area contributed by atoms with Crippen LogP contribution in [0.5, 0.6) is 0 Å². The van der Waals surface area contributed by atoms with Gasteiger partial charge in [0.25, 0.3) is 5.91 Å². The monoisotopic (exact) mass is 575 g/mol. The summed E-state index contributed by atoms with van der Waals surface area (Å²) in [6.45, 7) is 12.6. The molecule has 3 aliphatic rings. The Morgan fingerprint density at radius 3 is 2.55 bits per heavy atom. The van der Waals surface area contributed by atoms with Gasteiger partial charge in [0.15, 0.2) is 0 Å². The molecule has 0 aliphatic carbocycles. The Morgan fingerprint density at radius 1 is 1.14 bits per heavy atom. The fourth-order valence-corrected chi connectivity index (χ4v) is 6.90. The Hall–Kier alpha value is -3.12. The summed E-state index contributed by atoms with van der Waals surface area (Å²) >= 11 is 0. The van der Waals surface area contributed by atoms with Crippen molar-refractivity contribution in [3.63, 3.8) is 0 Å². The molecular weight excluding hydrogens is 530 g/mol. The molecule has 0 spiro atoms. The number of amides is 1. The van der Waals surface area contributed by atoms with Crippen LogP contribution in [0.2, 0.25) is 0 Å². The largest absolute Gasteiger partial charge is 0.374 e. The quantitative estimate of drug-likeness (QED) is 0.407. The van der Waals surface area contributed by atoms with E-state index in [1.807, 2.05) is 18.2 Å². The molecule has 4 atom stereocenters. The molecule has 11 heteroatoms. The Morgan fingerprint density at radius 2 is 1.90 bits per heavy atom. The third kappa shape index (κ3) is 5.62. The molecule has 3 aromatic rings. The Kier molecular flexibility index (Phi) is 7.71. The third-order valence-electron chi connectivity index (χ3n) is 9.33. The van der Waals surface area contributed by atoms with Gasteiger partial charge in [-0.1, -0.05) is 6.92 Å². The van der Waals surface area contributed by atoms with E-state index in [2.05, 4.69) is 62.7 Å². The fourth-order valence-electron chi connectivity index (χ4n) is 6.90. The minimum absolute atomic E-state index is 0.0384. The number of hydrogen-bond donors (Lipinski definition) is 3. The molecule has 0 radical (unpaired) electrons. The summed E-state index contributed by atoms with van der Waals surface area (Å²) in [5, 5.41) is 18.8. The summed E-state index contributed by atoms with van der Waals surface area (Å²) < 4.78 is 2.12. The van der Waals surface area contributed by atoms with Crippen LogP contribution in [0, 0.1) is 5.92 Å². The first-order chi connectivity index (χ1) is 20.0. The van der Waals surface area contributed by atoms with Crippen molar-refractivity contribution in [1.29, 1.82) is 0 Å². The van der Waals surface area contributed by atoms with E-state index < -0.39 is 6.23 Å². The van der Waals surface area contributed by atoms with E-state index in [1.165, 1.54) is 0 Å². The number of carbonyl (C=O) groups is 1. The van der Waals surface area contributed by atoms with E-state index >= 15 is 0 Å². The van der Waals surface area contributed by atoms with Gasteiger partial charge in [0.2, 0.25) is 5.95 Å². The zero-order chi connectivity index (χ0) is 29.8. The molecule has 2 bridgehead atoms. The zero-order valence-corrected chi connectivity index (χ0v) is 25.7. The predicted molar refractivity (Wildman–Crippen MR) is 164 cm³/mol. The summed E-state index contributed by atoms with van der Waals surface area (Å²) in [6, 6.07) is 6.71. The van der Waals surface area contributed by atoms with E-state index in [0.29, 0.717) is 35.5 Å². The van der Waals surface area contributed by atoms with Crippen molar-refractivity contribution < 1.29 is 9.90 Å². The van der Waals surface area contributed by atoms with Gasteiger partial charge in [0.1, 0.15) is 23.4 Å². The van der Waals surface area contributed by atoms with Crippen LogP contribution in [0.15, 0.2) is 30.6 Å². The number of piperazine rings is 1. The molecule has 3 aromatic heterocycles. The van der Waals surface area contributed by atoms with Gasteiger partial charge < -0.3 is 25.2 Å². The Labute approximate surface area is 248 Å². The zero-order valence-electron chi connectivity index (χ0n) is 25.7. The van der Waals surface area contributed by atoms with Crippen molar-refractivity contribution in [3.8, 4) is 0 Å². The van der Waals surface area contributed by atoms with E-state index in [0.717, 1.165) is 62.0 Å². The standard InChI is InChI=1S/C31H45N9O2/c1-19-13-22-17-38(18-24(19)34-22)28(41)20-7-8-26(32-15-20)35-30-33-16-21-14-25(29(42)37(5)6)40(27(21)36-30)23-9-11-39(12-10-23)31(2,3)4/h7-8,14-16,19,22-24,28,34,41H,9-13,17-18H2,1-6H3,(H,32,33,35,36). The minimum Gasteiger partial charge on any atom is -0.374 e. The van der Waals surface area contributed by atoms with Crippen LogP contribution in [-0.4, -0.2) is 103 Å². The Balaban J connectivity index is 1.22. The molecule has 4 unspecified atom stereocenters. The van der Waals surface area contributed by atoms with Gasteiger partial charge in [-0.2, -0.15) is 4.98 Å². The van der Waals surface area contributed by atoms with Gasteiger partial charge in [0.05, 0.1) is 0 Å². The van der Waals surface area contributed by atoms with Gasteiger partial charge in [-0.05, 0) is 64.2 Å². The number of anilines is 2. The number of aliphatic hydroxyl groups is 1. The molecule has 6 heterocycles. The molecule has 3 saturated heterocycles.